The molecule has 4 heterocycles. The fourth-order valence-corrected chi connectivity index (χ4v) is 9.88. The number of rotatable bonds is 8. The maximum absolute atomic E-state index is 6.40. The summed E-state index contributed by atoms with van der Waals surface area (Å²) in [5.41, 5.74) is 18.3. The Labute approximate surface area is 407 Å². The van der Waals surface area contributed by atoms with E-state index in [4.69, 9.17) is 32.9 Å². The summed E-state index contributed by atoms with van der Waals surface area (Å²) in [6, 6.07) is 78.6. The van der Waals surface area contributed by atoms with Crippen LogP contribution in [-0.2, 0) is 0 Å². The van der Waals surface area contributed by atoms with Gasteiger partial charge < -0.3 is 22.9 Å². The van der Waals surface area contributed by atoms with Crippen molar-refractivity contribution in [3.63, 3.8) is 0 Å². The molecule has 14 rings (SSSR count). The van der Waals surface area contributed by atoms with Crippen LogP contribution in [0.15, 0.2) is 244 Å². The molecular weight excluding hydrogens is 877 g/mol. The number of hydrogen-bond acceptors (Lipinski definition) is 8. The van der Waals surface area contributed by atoms with Crippen LogP contribution in [0, 0.1) is 0 Å². The number of ether oxygens (including phenoxy) is 1. The van der Waals surface area contributed by atoms with E-state index in [2.05, 4.69) is 120 Å². The second-order valence-electron chi connectivity index (χ2n) is 17.5. The van der Waals surface area contributed by atoms with E-state index in [1.165, 1.54) is 0 Å². The first-order chi connectivity index (χ1) is 35.1. The number of benzene rings is 10. The van der Waals surface area contributed by atoms with Crippen molar-refractivity contribution in [3.8, 4) is 90.4 Å². The first-order valence-electron chi connectivity index (χ1n) is 23.5. The van der Waals surface area contributed by atoms with E-state index < -0.39 is 0 Å². The maximum atomic E-state index is 6.40. The Morgan fingerprint density at radius 2 is 0.676 bits per heavy atom. The predicted octanol–water partition coefficient (Wildman–Crippen LogP) is 17.4. The van der Waals surface area contributed by atoms with E-state index >= 15 is 0 Å². The number of fused-ring (bicyclic) bond motifs is 5. The van der Waals surface area contributed by atoms with E-state index in [0.717, 1.165) is 123 Å². The van der Waals surface area contributed by atoms with Crippen molar-refractivity contribution in [2.75, 3.05) is 4.90 Å². The van der Waals surface area contributed by atoms with Crippen molar-refractivity contribution in [3.05, 3.63) is 231 Å². The molecule has 13 aromatic rings. The van der Waals surface area contributed by atoms with Gasteiger partial charge in [-0.15, -0.1) is 0 Å². The second-order valence-corrected chi connectivity index (χ2v) is 17.5. The quantitative estimate of drug-likeness (QED) is 0.149. The molecule has 10 aromatic carbocycles. The average Bonchev–Trinajstić information content (AvgIpc) is 4.20. The minimum Gasteiger partial charge on any atom is -0.453 e. The molecule has 1 aliphatic heterocycles. The summed E-state index contributed by atoms with van der Waals surface area (Å²) in [7, 11) is 0. The van der Waals surface area contributed by atoms with Gasteiger partial charge in [0.2, 0.25) is 17.7 Å². The average molecular weight is 915 g/mol. The zero-order chi connectivity index (χ0) is 46.8. The van der Waals surface area contributed by atoms with Crippen LogP contribution >= 0.6 is 0 Å². The van der Waals surface area contributed by atoms with Crippen LogP contribution in [0.4, 0.5) is 17.1 Å². The van der Waals surface area contributed by atoms with E-state index in [1.54, 1.807) is 0 Å². The summed E-state index contributed by atoms with van der Waals surface area (Å²) in [5, 5.41) is 0. The smallest absolute Gasteiger partial charge is 0.227 e. The minimum atomic E-state index is 0.546. The first kappa shape index (κ1) is 40.3. The molecule has 0 bridgehead atoms. The van der Waals surface area contributed by atoms with E-state index in [1.807, 2.05) is 115 Å². The summed E-state index contributed by atoms with van der Waals surface area (Å²) in [6.07, 6.45) is 0. The molecule has 1 aliphatic rings. The summed E-state index contributed by atoms with van der Waals surface area (Å²) < 4.78 is 25.5. The van der Waals surface area contributed by atoms with Gasteiger partial charge in [0.25, 0.3) is 0 Å². The van der Waals surface area contributed by atoms with Crippen molar-refractivity contribution in [2.45, 2.75) is 0 Å². The monoisotopic (exact) mass is 914 g/mol. The van der Waals surface area contributed by atoms with Crippen molar-refractivity contribution in [1.29, 1.82) is 0 Å². The Morgan fingerprint density at radius 1 is 0.296 bits per heavy atom. The number of para-hydroxylation sites is 10. The molecule has 8 heteroatoms. The zero-order valence-corrected chi connectivity index (χ0v) is 37.9. The Morgan fingerprint density at radius 3 is 1.14 bits per heavy atom. The summed E-state index contributed by atoms with van der Waals surface area (Å²) >= 11 is 0. The lowest BCUT2D eigenvalue weighted by Gasteiger charge is -2.32. The lowest BCUT2D eigenvalue weighted by molar-refractivity contribution is 0.477. The van der Waals surface area contributed by atoms with Gasteiger partial charge in [0.15, 0.2) is 28.2 Å². The van der Waals surface area contributed by atoms with Gasteiger partial charge >= 0.3 is 0 Å². The molecule has 0 unspecified atom stereocenters. The van der Waals surface area contributed by atoms with Crippen molar-refractivity contribution < 1.29 is 18.0 Å². The van der Waals surface area contributed by atoms with Gasteiger partial charge in [0.05, 0.1) is 11.4 Å². The van der Waals surface area contributed by atoms with E-state index in [9.17, 15) is 0 Å². The van der Waals surface area contributed by atoms with Crippen molar-refractivity contribution in [1.82, 2.24) is 15.0 Å². The highest BCUT2D eigenvalue weighted by Crippen LogP contribution is 2.52. The molecule has 8 nitrogen and oxygen atoms in total. The summed E-state index contributed by atoms with van der Waals surface area (Å²) in [6.45, 7) is 0. The predicted molar refractivity (Wildman–Crippen MR) is 282 cm³/mol. The van der Waals surface area contributed by atoms with E-state index in [-0.39, 0.29) is 0 Å². The Hall–Kier alpha value is -9.79. The number of oxazole rings is 3. The topological polar surface area (TPSA) is 90.6 Å². The third kappa shape index (κ3) is 7.04. The van der Waals surface area contributed by atoms with Gasteiger partial charge in [0, 0.05) is 22.4 Å². The first-order valence-corrected chi connectivity index (χ1v) is 23.5. The highest BCUT2D eigenvalue weighted by Gasteiger charge is 2.27. The Bertz CT molecular complexity index is 4040. The normalized spacial score (nSPS) is 12.0. The molecule has 3 aromatic heterocycles. The number of hydrogen-bond donors (Lipinski definition) is 0. The third-order valence-corrected chi connectivity index (χ3v) is 13.2. The molecule has 0 radical (unpaired) electrons. The largest absolute Gasteiger partial charge is 0.453 e. The summed E-state index contributed by atoms with van der Waals surface area (Å²) in [4.78, 5) is 17.0. The van der Waals surface area contributed by atoms with Crippen LogP contribution in [-0.4, -0.2) is 15.0 Å². The molecule has 0 N–H and O–H groups in total. The molecule has 0 saturated heterocycles. The lowest BCUT2D eigenvalue weighted by Crippen LogP contribution is -2.15. The van der Waals surface area contributed by atoms with Gasteiger partial charge in [-0.2, -0.15) is 0 Å². The SMILES string of the molecule is c1cc(-c2nc3ccccc3o2)cc(-c2ccc(-c3ccc(N4c5ccccc5Oc5ccccc54)cc3)c(-c3cccc(-c4nc5ccccc5o4)c3)c2-c2cccc(-c3nc4ccccc4o3)c2)c1. The molecule has 0 spiro atoms. The number of aromatic nitrogens is 3. The fraction of sp³-hybridized carbons (Fsp3) is 0. The van der Waals surface area contributed by atoms with Crippen molar-refractivity contribution >= 4 is 50.4 Å². The van der Waals surface area contributed by atoms with Gasteiger partial charge in [-0.25, -0.2) is 15.0 Å². The standard InChI is InChI=1S/C63H38N4O4/c1-6-25-54-49(20-1)64-61(69-54)43-17-11-14-40(36-43)48-35-34-47(39-30-32-46(33-31-39)67-52-23-4-9-28-57(52)68-58-29-10-5-24-53(58)67)59(41-15-12-18-44(37-41)62-65-50-21-2-7-26-55(50)70-62)60(48)42-16-13-19-45(38-42)63-66-51-22-3-8-27-56(51)71-63/h1-38H. The molecule has 0 amide bonds. The molecule has 0 aliphatic carbocycles. The van der Waals surface area contributed by atoms with Gasteiger partial charge in [0.1, 0.15) is 16.6 Å². The van der Waals surface area contributed by atoms with Gasteiger partial charge in [-0.3, -0.25) is 0 Å². The number of anilines is 3. The molecule has 0 atom stereocenters. The summed E-state index contributed by atoms with van der Waals surface area (Å²) in [5.74, 6) is 3.26. The van der Waals surface area contributed by atoms with Crippen molar-refractivity contribution in [2.24, 2.45) is 0 Å². The van der Waals surface area contributed by atoms with Crippen LogP contribution in [0.2, 0.25) is 0 Å². The minimum absolute atomic E-state index is 0.546. The maximum Gasteiger partial charge on any atom is 0.227 e. The zero-order valence-electron chi connectivity index (χ0n) is 37.9. The fourth-order valence-electron chi connectivity index (χ4n) is 9.88. The van der Waals surface area contributed by atoms with Crippen LogP contribution in [0.25, 0.3) is 112 Å². The van der Waals surface area contributed by atoms with Crippen LogP contribution in [0.3, 0.4) is 0 Å². The Kier molecular flexibility index (Phi) is 9.35. The third-order valence-electron chi connectivity index (χ3n) is 13.2. The van der Waals surface area contributed by atoms with E-state index in [0.29, 0.717) is 17.7 Å². The van der Waals surface area contributed by atoms with Crippen LogP contribution in [0.5, 0.6) is 11.5 Å². The molecule has 334 valence electrons. The molecule has 0 saturated carbocycles. The number of nitrogens with zero attached hydrogens (tertiary/aromatic N) is 4. The molecule has 0 fully saturated rings. The van der Waals surface area contributed by atoms with Gasteiger partial charge in [-0.05, 0) is 154 Å². The van der Waals surface area contributed by atoms with Gasteiger partial charge in [-0.1, -0.05) is 121 Å². The highest BCUT2D eigenvalue weighted by molar-refractivity contribution is 6.03. The molecular formula is C63H38N4O4. The second kappa shape index (κ2) is 16.5. The van der Waals surface area contributed by atoms with Crippen LogP contribution in [0.1, 0.15) is 0 Å². The molecule has 71 heavy (non-hydrogen) atoms. The Balaban J connectivity index is 1.00. The lowest BCUT2D eigenvalue weighted by atomic mass is 9.82. The van der Waals surface area contributed by atoms with Crippen LogP contribution < -0.4 is 9.64 Å². The highest BCUT2D eigenvalue weighted by atomic mass is 16.5.